The van der Waals surface area contributed by atoms with E-state index >= 15 is 0 Å². The molecule has 0 radical (unpaired) electrons. The highest BCUT2D eigenvalue weighted by molar-refractivity contribution is 6.30. The molecule has 2 unspecified atom stereocenters. The number of hydrogen-bond acceptors (Lipinski definition) is 4. The van der Waals surface area contributed by atoms with Gasteiger partial charge in [0, 0.05) is 6.54 Å². The van der Waals surface area contributed by atoms with Crippen LogP contribution in [-0.2, 0) is 0 Å². The van der Waals surface area contributed by atoms with Gasteiger partial charge in [-0.1, -0.05) is 29.8 Å². The van der Waals surface area contributed by atoms with E-state index in [0.29, 0.717) is 13.0 Å². The van der Waals surface area contributed by atoms with Crippen LogP contribution in [0, 0.1) is 11.7 Å². The topological polar surface area (TPSA) is 80.0 Å². The van der Waals surface area contributed by atoms with E-state index in [1.807, 2.05) is 6.92 Å². The molecule has 0 saturated carbocycles. The Labute approximate surface area is 138 Å². The molecule has 2 aromatic rings. The standard InChI is InChI=1S/C15H18ClFN4O2/c1-9(6-10(2)22)7-18-15(23)12-8-21(20-19-12)13-5-3-4-11(16)14(13)17/h3-5,8-10,22H,6-7H2,1-2H3,(H,18,23). The fourth-order valence-electron chi connectivity index (χ4n) is 2.18. The van der Waals surface area contributed by atoms with Crippen LogP contribution < -0.4 is 5.32 Å². The number of rotatable bonds is 6. The maximum absolute atomic E-state index is 13.9. The van der Waals surface area contributed by atoms with E-state index in [1.165, 1.54) is 18.3 Å². The molecular formula is C15H18ClFN4O2. The average Bonchev–Trinajstić information content (AvgIpc) is 2.96. The molecular weight excluding hydrogens is 323 g/mol. The van der Waals surface area contributed by atoms with Crippen LogP contribution in [0.3, 0.4) is 0 Å². The first-order chi connectivity index (χ1) is 10.9. The van der Waals surface area contributed by atoms with Gasteiger partial charge in [0.05, 0.1) is 17.3 Å². The lowest BCUT2D eigenvalue weighted by Crippen LogP contribution is -2.29. The molecule has 0 aliphatic heterocycles. The summed E-state index contributed by atoms with van der Waals surface area (Å²) in [6, 6.07) is 4.50. The van der Waals surface area contributed by atoms with Crippen molar-refractivity contribution in [1.29, 1.82) is 0 Å². The summed E-state index contributed by atoms with van der Waals surface area (Å²) in [6.45, 7) is 4.02. The smallest absolute Gasteiger partial charge is 0.273 e. The largest absolute Gasteiger partial charge is 0.393 e. The number of carbonyl (C=O) groups excluding carboxylic acids is 1. The number of halogens is 2. The third kappa shape index (κ3) is 4.49. The Morgan fingerprint density at radius 2 is 2.22 bits per heavy atom. The molecule has 0 aliphatic carbocycles. The van der Waals surface area contributed by atoms with Gasteiger partial charge < -0.3 is 10.4 Å². The zero-order valence-electron chi connectivity index (χ0n) is 12.8. The van der Waals surface area contributed by atoms with Crippen molar-refractivity contribution >= 4 is 17.5 Å². The summed E-state index contributed by atoms with van der Waals surface area (Å²) in [5.74, 6) is -0.910. The number of nitrogens with one attached hydrogen (secondary N) is 1. The van der Waals surface area contributed by atoms with Gasteiger partial charge in [-0.3, -0.25) is 4.79 Å². The lowest BCUT2D eigenvalue weighted by atomic mass is 10.0. The normalized spacial score (nSPS) is 13.6. The van der Waals surface area contributed by atoms with Gasteiger partial charge in [0.2, 0.25) is 0 Å². The van der Waals surface area contributed by atoms with Gasteiger partial charge in [0.25, 0.3) is 5.91 Å². The van der Waals surface area contributed by atoms with Crippen molar-refractivity contribution in [2.75, 3.05) is 6.54 Å². The summed E-state index contributed by atoms with van der Waals surface area (Å²) in [5, 5.41) is 19.5. The second-order valence-electron chi connectivity index (χ2n) is 5.52. The summed E-state index contributed by atoms with van der Waals surface area (Å²) in [4.78, 5) is 12.0. The highest BCUT2D eigenvalue weighted by atomic mass is 35.5. The number of aliphatic hydroxyl groups is 1. The van der Waals surface area contributed by atoms with Crippen molar-refractivity contribution in [3.05, 3.63) is 40.9 Å². The Morgan fingerprint density at radius 1 is 1.48 bits per heavy atom. The molecule has 124 valence electrons. The Kier molecular flexibility index (Phi) is 5.68. The first-order valence-electron chi connectivity index (χ1n) is 7.21. The van der Waals surface area contributed by atoms with E-state index in [4.69, 9.17) is 11.6 Å². The van der Waals surface area contributed by atoms with E-state index < -0.39 is 17.8 Å². The third-order valence-corrected chi connectivity index (χ3v) is 3.55. The molecule has 23 heavy (non-hydrogen) atoms. The van der Waals surface area contributed by atoms with Crippen LogP contribution in [0.25, 0.3) is 5.69 Å². The Hall–Kier alpha value is -1.99. The lowest BCUT2D eigenvalue weighted by Gasteiger charge is -2.13. The molecule has 1 aromatic heterocycles. The molecule has 1 aromatic carbocycles. The Morgan fingerprint density at radius 3 is 2.91 bits per heavy atom. The first kappa shape index (κ1) is 17.4. The number of aromatic nitrogens is 3. The minimum atomic E-state index is -0.628. The maximum atomic E-state index is 13.9. The molecule has 8 heteroatoms. The summed E-state index contributed by atoms with van der Waals surface area (Å²) in [6.07, 6.45) is 1.50. The predicted octanol–water partition coefficient (Wildman–Crippen LogP) is 2.20. The van der Waals surface area contributed by atoms with Gasteiger partial charge in [-0.25, -0.2) is 9.07 Å². The minimum absolute atomic E-state index is 0.0315. The number of aliphatic hydroxyl groups excluding tert-OH is 1. The van der Waals surface area contributed by atoms with E-state index in [2.05, 4.69) is 15.6 Å². The molecule has 2 atom stereocenters. The van der Waals surface area contributed by atoms with Crippen molar-refractivity contribution < 1.29 is 14.3 Å². The van der Waals surface area contributed by atoms with Crippen LogP contribution >= 0.6 is 11.6 Å². The Balaban J connectivity index is 2.04. The zero-order chi connectivity index (χ0) is 17.0. The first-order valence-corrected chi connectivity index (χ1v) is 7.59. The molecule has 0 spiro atoms. The van der Waals surface area contributed by atoms with E-state index in [1.54, 1.807) is 13.0 Å². The van der Waals surface area contributed by atoms with Crippen LogP contribution in [0.1, 0.15) is 30.8 Å². The number of nitrogens with zero attached hydrogens (tertiary/aromatic N) is 3. The van der Waals surface area contributed by atoms with Crippen LogP contribution in [0.2, 0.25) is 5.02 Å². The van der Waals surface area contributed by atoms with Gasteiger partial charge in [-0.2, -0.15) is 0 Å². The van der Waals surface area contributed by atoms with Crippen molar-refractivity contribution in [1.82, 2.24) is 20.3 Å². The number of hydrogen-bond donors (Lipinski definition) is 2. The molecule has 0 fully saturated rings. The summed E-state index contributed by atoms with van der Waals surface area (Å²) < 4.78 is 15.1. The highest BCUT2D eigenvalue weighted by Gasteiger charge is 2.15. The monoisotopic (exact) mass is 340 g/mol. The Bertz CT molecular complexity index is 690. The minimum Gasteiger partial charge on any atom is -0.393 e. The predicted molar refractivity (Wildman–Crippen MR) is 84.1 cm³/mol. The summed E-state index contributed by atoms with van der Waals surface area (Å²) in [7, 11) is 0. The summed E-state index contributed by atoms with van der Waals surface area (Å²) in [5.41, 5.74) is 0.195. The number of amides is 1. The van der Waals surface area contributed by atoms with E-state index in [0.717, 1.165) is 4.68 Å². The average molecular weight is 341 g/mol. The van der Waals surface area contributed by atoms with Crippen LogP contribution in [0.15, 0.2) is 24.4 Å². The molecule has 2 N–H and O–H groups in total. The quantitative estimate of drug-likeness (QED) is 0.844. The van der Waals surface area contributed by atoms with Gasteiger partial charge in [0.1, 0.15) is 5.69 Å². The molecule has 0 bridgehead atoms. The van der Waals surface area contributed by atoms with Gasteiger partial charge in [-0.05, 0) is 31.4 Å². The molecule has 1 heterocycles. The second kappa shape index (κ2) is 7.52. The third-order valence-electron chi connectivity index (χ3n) is 3.26. The SMILES string of the molecule is CC(O)CC(C)CNC(=O)c1cn(-c2cccc(Cl)c2F)nn1. The molecule has 0 saturated heterocycles. The van der Waals surface area contributed by atoms with Gasteiger partial charge in [0.15, 0.2) is 11.5 Å². The van der Waals surface area contributed by atoms with Crippen LogP contribution in [0.4, 0.5) is 4.39 Å². The summed E-state index contributed by atoms with van der Waals surface area (Å²) >= 11 is 5.72. The number of carbonyl (C=O) groups is 1. The van der Waals surface area contributed by atoms with Crippen molar-refractivity contribution in [3.8, 4) is 5.69 Å². The fourth-order valence-corrected chi connectivity index (χ4v) is 2.35. The van der Waals surface area contributed by atoms with Crippen molar-refractivity contribution in [2.24, 2.45) is 5.92 Å². The fraction of sp³-hybridized carbons (Fsp3) is 0.400. The highest BCUT2D eigenvalue weighted by Crippen LogP contribution is 2.20. The molecule has 0 aliphatic rings. The maximum Gasteiger partial charge on any atom is 0.273 e. The van der Waals surface area contributed by atoms with Gasteiger partial charge in [-0.15, -0.1) is 5.10 Å². The molecule has 2 rings (SSSR count). The van der Waals surface area contributed by atoms with Crippen molar-refractivity contribution in [2.45, 2.75) is 26.4 Å². The van der Waals surface area contributed by atoms with Crippen molar-refractivity contribution in [3.63, 3.8) is 0 Å². The van der Waals surface area contributed by atoms with Crippen LogP contribution in [0.5, 0.6) is 0 Å². The van der Waals surface area contributed by atoms with Gasteiger partial charge >= 0.3 is 0 Å². The molecule has 6 nitrogen and oxygen atoms in total. The van der Waals surface area contributed by atoms with E-state index in [9.17, 15) is 14.3 Å². The van der Waals surface area contributed by atoms with Crippen LogP contribution in [-0.4, -0.2) is 38.7 Å². The number of benzene rings is 1. The van der Waals surface area contributed by atoms with E-state index in [-0.39, 0.29) is 22.3 Å². The second-order valence-corrected chi connectivity index (χ2v) is 5.93. The lowest BCUT2D eigenvalue weighted by molar-refractivity contribution is 0.0934. The zero-order valence-corrected chi connectivity index (χ0v) is 13.6. The molecule has 1 amide bonds.